The highest BCUT2D eigenvalue weighted by Gasteiger charge is 2.17. The van der Waals surface area contributed by atoms with Crippen LogP contribution in [0, 0.1) is 0 Å². The van der Waals surface area contributed by atoms with Gasteiger partial charge in [0, 0.05) is 13.2 Å². The topological polar surface area (TPSA) is 38.3 Å². The van der Waals surface area contributed by atoms with Crippen LogP contribution < -0.4 is 5.32 Å². The molecule has 1 fully saturated rings. The van der Waals surface area contributed by atoms with Crippen LogP contribution in [0.3, 0.4) is 0 Å². The molecule has 2 rings (SSSR count). The van der Waals surface area contributed by atoms with Crippen LogP contribution in [0.15, 0.2) is 15.9 Å². The van der Waals surface area contributed by atoms with E-state index in [-0.39, 0.29) is 12.0 Å². The SMILES string of the molecule is O=C(NC[C@H]1CCCO1)c1ccc(Br)s1. The van der Waals surface area contributed by atoms with Gasteiger partial charge in [-0.3, -0.25) is 4.79 Å². The standard InChI is InChI=1S/C10H12BrNO2S/c11-9-4-3-8(15-9)10(13)12-6-7-2-1-5-14-7/h3-4,7H,1-2,5-6H2,(H,12,13)/t7-/m1/s1. The molecule has 1 aliphatic heterocycles. The highest BCUT2D eigenvalue weighted by molar-refractivity contribution is 9.11. The molecule has 1 N–H and O–H groups in total. The van der Waals surface area contributed by atoms with Crippen molar-refractivity contribution in [2.24, 2.45) is 0 Å². The van der Waals surface area contributed by atoms with Gasteiger partial charge < -0.3 is 10.1 Å². The first-order valence-corrected chi connectivity index (χ1v) is 6.52. The second-order valence-corrected chi connectivity index (χ2v) is 5.91. The van der Waals surface area contributed by atoms with E-state index in [9.17, 15) is 4.79 Å². The molecule has 1 aromatic heterocycles. The first kappa shape index (κ1) is 11.1. The predicted octanol–water partition coefficient (Wildman–Crippen LogP) is 2.42. The minimum Gasteiger partial charge on any atom is -0.376 e. The number of halogens is 1. The van der Waals surface area contributed by atoms with E-state index in [1.807, 2.05) is 12.1 Å². The smallest absolute Gasteiger partial charge is 0.261 e. The fraction of sp³-hybridized carbons (Fsp3) is 0.500. The maximum Gasteiger partial charge on any atom is 0.261 e. The van der Waals surface area contributed by atoms with Gasteiger partial charge in [-0.05, 0) is 40.9 Å². The third kappa shape index (κ3) is 3.03. The number of amides is 1. The lowest BCUT2D eigenvalue weighted by Gasteiger charge is -2.09. The van der Waals surface area contributed by atoms with E-state index in [1.165, 1.54) is 11.3 Å². The lowest BCUT2D eigenvalue weighted by Crippen LogP contribution is -2.31. The van der Waals surface area contributed by atoms with E-state index in [2.05, 4.69) is 21.2 Å². The van der Waals surface area contributed by atoms with Gasteiger partial charge in [-0.2, -0.15) is 0 Å². The fourth-order valence-corrected chi connectivity index (χ4v) is 2.84. The second-order valence-electron chi connectivity index (χ2n) is 3.45. The monoisotopic (exact) mass is 289 g/mol. The van der Waals surface area contributed by atoms with Crippen LogP contribution in [-0.2, 0) is 4.74 Å². The van der Waals surface area contributed by atoms with Crippen molar-refractivity contribution < 1.29 is 9.53 Å². The summed E-state index contributed by atoms with van der Waals surface area (Å²) in [5.74, 6) is -0.0128. The van der Waals surface area contributed by atoms with Crippen molar-refractivity contribution in [3.05, 3.63) is 20.8 Å². The summed E-state index contributed by atoms with van der Waals surface area (Å²) in [6.45, 7) is 1.44. The van der Waals surface area contributed by atoms with Crippen molar-refractivity contribution in [2.75, 3.05) is 13.2 Å². The van der Waals surface area contributed by atoms with Gasteiger partial charge in [-0.25, -0.2) is 0 Å². The summed E-state index contributed by atoms with van der Waals surface area (Å²) in [6, 6.07) is 3.70. The number of thiophene rings is 1. The molecule has 0 bridgehead atoms. The van der Waals surface area contributed by atoms with Crippen LogP contribution in [0.1, 0.15) is 22.5 Å². The van der Waals surface area contributed by atoms with Crippen molar-refractivity contribution in [1.82, 2.24) is 5.32 Å². The van der Waals surface area contributed by atoms with Crippen molar-refractivity contribution in [3.63, 3.8) is 0 Å². The Hall–Kier alpha value is -0.390. The molecule has 3 nitrogen and oxygen atoms in total. The Bertz CT molecular complexity index is 347. The maximum atomic E-state index is 11.6. The molecule has 0 spiro atoms. The average Bonchev–Trinajstić information content (AvgIpc) is 2.84. The summed E-state index contributed by atoms with van der Waals surface area (Å²) in [4.78, 5) is 12.4. The molecule has 1 atom stereocenters. The van der Waals surface area contributed by atoms with Crippen LogP contribution in [0.25, 0.3) is 0 Å². The number of hydrogen-bond donors (Lipinski definition) is 1. The first-order valence-electron chi connectivity index (χ1n) is 4.91. The Morgan fingerprint density at radius 1 is 1.67 bits per heavy atom. The van der Waals surface area contributed by atoms with Crippen molar-refractivity contribution in [3.8, 4) is 0 Å². The van der Waals surface area contributed by atoms with Crippen molar-refractivity contribution in [1.29, 1.82) is 0 Å². The minimum absolute atomic E-state index is 0.0128. The molecule has 1 amide bonds. The van der Waals surface area contributed by atoms with Crippen molar-refractivity contribution >= 4 is 33.2 Å². The number of ether oxygens (including phenoxy) is 1. The largest absolute Gasteiger partial charge is 0.376 e. The highest BCUT2D eigenvalue weighted by Crippen LogP contribution is 2.21. The number of carbonyl (C=O) groups excluding carboxylic acids is 1. The molecule has 0 radical (unpaired) electrons. The Labute approximate surface area is 101 Å². The molecule has 15 heavy (non-hydrogen) atoms. The van der Waals surface area contributed by atoms with Gasteiger partial charge in [-0.1, -0.05) is 0 Å². The Balaban J connectivity index is 1.81. The molecular weight excluding hydrogens is 278 g/mol. The Kier molecular flexibility index (Phi) is 3.77. The number of carbonyl (C=O) groups is 1. The first-order chi connectivity index (χ1) is 7.25. The zero-order valence-electron chi connectivity index (χ0n) is 8.16. The van der Waals surface area contributed by atoms with E-state index in [1.54, 1.807) is 0 Å². The Morgan fingerprint density at radius 3 is 3.13 bits per heavy atom. The van der Waals surface area contributed by atoms with Gasteiger partial charge >= 0.3 is 0 Å². The lowest BCUT2D eigenvalue weighted by molar-refractivity contribution is 0.0861. The molecule has 0 aliphatic carbocycles. The molecule has 82 valence electrons. The van der Waals surface area contributed by atoms with Gasteiger partial charge in [0.05, 0.1) is 14.8 Å². The van der Waals surface area contributed by atoms with Crippen LogP contribution >= 0.6 is 27.3 Å². The molecule has 5 heteroatoms. The average molecular weight is 290 g/mol. The van der Waals surface area contributed by atoms with Crippen molar-refractivity contribution in [2.45, 2.75) is 18.9 Å². The third-order valence-corrected chi connectivity index (χ3v) is 3.93. The summed E-state index contributed by atoms with van der Waals surface area (Å²) in [7, 11) is 0. The molecule has 0 saturated carbocycles. The van der Waals surface area contributed by atoms with E-state index in [0.29, 0.717) is 6.54 Å². The summed E-state index contributed by atoms with van der Waals surface area (Å²) < 4.78 is 6.40. The van der Waals surface area contributed by atoms with Gasteiger partial charge in [0.1, 0.15) is 0 Å². The van der Waals surface area contributed by atoms with E-state index in [4.69, 9.17) is 4.74 Å². The van der Waals surface area contributed by atoms with E-state index < -0.39 is 0 Å². The van der Waals surface area contributed by atoms with Crippen LogP contribution in [-0.4, -0.2) is 25.2 Å². The quantitative estimate of drug-likeness (QED) is 0.928. The van der Waals surface area contributed by atoms with Gasteiger partial charge in [-0.15, -0.1) is 11.3 Å². The van der Waals surface area contributed by atoms with Gasteiger partial charge in [0.2, 0.25) is 0 Å². The molecule has 1 saturated heterocycles. The van der Waals surface area contributed by atoms with E-state index >= 15 is 0 Å². The summed E-state index contributed by atoms with van der Waals surface area (Å²) in [5.41, 5.74) is 0. The second kappa shape index (κ2) is 5.09. The summed E-state index contributed by atoms with van der Waals surface area (Å²) >= 11 is 4.77. The number of nitrogens with one attached hydrogen (secondary N) is 1. The fourth-order valence-electron chi connectivity index (χ4n) is 1.54. The maximum absolute atomic E-state index is 11.6. The van der Waals surface area contributed by atoms with Gasteiger partial charge in [0.15, 0.2) is 0 Å². The van der Waals surface area contributed by atoms with Crippen LogP contribution in [0.2, 0.25) is 0 Å². The molecule has 2 heterocycles. The minimum atomic E-state index is -0.0128. The molecule has 1 aliphatic rings. The molecule has 1 aromatic rings. The Morgan fingerprint density at radius 2 is 2.53 bits per heavy atom. The zero-order valence-corrected chi connectivity index (χ0v) is 10.6. The predicted molar refractivity (Wildman–Crippen MR) is 63.3 cm³/mol. The van der Waals surface area contributed by atoms with Gasteiger partial charge in [0.25, 0.3) is 5.91 Å². The third-order valence-electron chi connectivity index (χ3n) is 2.31. The van der Waals surface area contributed by atoms with E-state index in [0.717, 1.165) is 28.1 Å². The highest BCUT2D eigenvalue weighted by atomic mass is 79.9. The number of rotatable bonds is 3. The molecular formula is C10H12BrNO2S. The lowest BCUT2D eigenvalue weighted by atomic mass is 10.2. The normalized spacial score (nSPS) is 20.5. The van der Waals surface area contributed by atoms with Crippen LogP contribution in [0.5, 0.6) is 0 Å². The van der Waals surface area contributed by atoms with Crippen LogP contribution in [0.4, 0.5) is 0 Å². The zero-order chi connectivity index (χ0) is 10.7. The molecule has 0 unspecified atom stereocenters. The summed E-state index contributed by atoms with van der Waals surface area (Å²) in [5, 5.41) is 2.88. The number of hydrogen-bond acceptors (Lipinski definition) is 3. The summed E-state index contributed by atoms with van der Waals surface area (Å²) in [6.07, 6.45) is 2.36. The molecule has 0 aromatic carbocycles.